The molecule has 0 aliphatic carbocycles. The summed E-state index contributed by atoms with van der Waals surface area (Å²) < 4.78 is 3.40. The lowest BCUT2D eigenvalue weighted by molar-refractivity contribution is -0.113. The number of nitriles is 1. The minimum atomic E-state index is -0.276. The highest BCUT2D eigenvalue weighted by Gasteiger charge is 2.21. The minimum Gasteiger partial charge on any atom is -0.310 e. The van der Waals surface area contributed by atoms with Crippen LogP contribution in [0.4, 0.5) is 5.82 Å². The van der Waals surface area contributed by atoms with Crippen LogP contribution in [0.5, 0.6) is 0 Å². The second-order valence-electron chi connectivity index (χ2n) is 6.91. The van der Waals surface area contributed by atoms with E-state index in [4.69, 9.17) is 11.6 Å². The number of anilines is 1. The third-order valence-corrected chi connectivity index (χ3v) is 6.08. The summed E-state index contributed by atoms with van der Waals surface area (Å²) in [6.45, 7) is 3.80. The summed E-state index contributed by atoms with van der Waals surface area (Å²) in [5.74, 6) is 0.236. The van der Waals surface area contributed by atoms with Crippen molar-refractivity contribution >= 4 is 35.1 Å². The van der Waals surface area contributed by atoms with Crippen LogP contribution in [0.3, 0.4) is 0 Å². The molecule has 4 rings (SSSR count). The van der Waals surface area contributed by atoms with E-state index >= 15 is 0 Å². The third kappa shape index (κ3) is 4.23. The molecule has 10 heteroatoms. The van der Waals surface area contributed by atoms with E-state index in [2.05, 4.69) is 26.9 Å². The predicted octanol–water partition coefficient (Wildman–Crippen LogP) is 4.33. The summed E-state index contributed by atoms with van der Waals surface area (Å²) in [5.41, 5.74) is 3.71. The first-order chi connectivity index (χ1) is 15.5. The van der Waals surface area contributed by atoms with Gasteiger partial charge in [-0.1, -0.05) is 47.6 Å². The van der Waals surface area contributed by atoms with E-state index in [1.165, 1.54) is 16.4 Å². The topological polar surface area (TPSA) is 101 Å². The Morgan fingerprint density at radius 1 is 1.16 bits per heavy atom. The molecule has 2 heterocycles. The van der Waals surface area contributed by atoms with E-state index in [1.807, 2.05) is 54.8 Å². The molecule has 0 unspecified atom stereocenters. The Hall–Kier alpha value is -3.61. The van der Waals surface area contributed by atoms with Crippen molar-refractivity contribution in [1.29, 1.82) is 5.26 Å². The zero-order valence-electron chi connectivity index (χ0n) is 17.3. The number of rotatable bonds is 6. The third-order valence-electron chi connectivity index (χ3n) is 4.92. The van der Waals surface area contributed by atoms with Gasteiger partial charge in [0.25, 0.3) is 0 Å². The van der Waals surface area contributed by atoms with Crippen LogP contribution < -0.4 is 5.32 Å². The maximum Gasteiger partial charge on any atom is 0.236 e. The number of aromatic nitrogens is 5. The minimum absolute atomic E-state index is 0.0594. The average molecular weight is 464 g/mol. The number of tetrazole rings is 1. The van der Waals surface area contributed by atoms with E-state index in [-0.39, 0.29) is 11.7 Å². The van der Waals surface area contributed by atoms with Gasteiger partial charge in [0.2, 0.25) is 11.1 Å². The molecule has 8 nitrogen and oxygen atoms in total. The van der Waals surface area contributed by atoms with Crippen molar-refractivity contribution in [3.05, 3.63) is 76.4 Å². The van der Waals surface area contributed by atoms with Gasteiger partial charge >= 0.3 is 0 Å². The molecular formula is C22H18ClN7OS. The lowest BCUT2D eigenvalue weighted by Crippen LogP contribution is -2.18. The number of halogens is 1. The van der Waals surface area contributed by atoms with E-state index < -0.39 is 0 Å². The van der Waals surface area contributed by atoms with Crippen molar-refractivity contribution in [2.24, 2.45) is 0 Å². The predicted molar refractivity (Wildman–Crippen MR) is 123 cm³/mol. The first-order valence-corrected chi connectivity index (χ1v) is 11.0. The van der Waals surface area contributed by atoms with Gasteiger partial charge in [-0.25, -0.2) is 0 Å². The molecular weight excluding hydrogens is 446 g/mol. The summed E-state index contributed by atoms with van der Waals surface area (Å²) in [6, 6.07) is 18.9. The fourth-order valence-corrected chi connectivity index (χ4v) is 4.17. The fourth-order valence-electron chi connectivity index (χ4n) is 3.30. The molecule has 1 amide bonds. The maximum absolute atomic E-state index is 12.8. The normalized spacial score (nSPS) is 10.7. The molecule has 0 saturated carbocycles. The van der Waals surface area contributed by atoms with Gasteiger partial charge in [-0.05, 0) is 60.2 Å². The lowest BCUT2D eigenvalue weighted by Gasteiger charge is -2.13. The molecule has 2 aromatic carbocycles. The van der Waals surface area contributed by atoms with Crippen molar-refractivity contribution in [2.75, 3.05) is 11.1 Å². The Morgan fingerprint density at radius 3 is 2.62 bits per heavy atom. The van der Waals surface area contributed by atoms with Gasteiger partial charge in [0, 0.05) is 16.4 Å². The number of nitrogens with zero attached hydrogens (tertiary/aromatic N) is 6. The van der Waals surface area contributed by atoms with Gasteiger partial charge in [-0.2, -0.15) is 9.94 Å². The van der Waals surface area contributed by atoms with E-state index in [1.54, 1.807) is 18.2 Å². The first kappa shape index (κ1) is 21.6. The van der Waals surface area contributed by atoms with Crippen molar-refractivity contribution in [1.82, 2.24) is 24.8 Å². The van der Waals surface area contributed by atoms with Gasteiger partial charge in [-0.3, -0.25) is 9.36 Å². The maximum atomic E-state index is 12.8. The van der Waals surface area contributed by atoms with Crippen LogP contribution in [0.1, 0.15) is 16.8 Å². The van der Waals surface area contributed by atoms with Crippen LogP contribution in [0.15, 0.2) is 59.8 Å². The van der Waals surface area contributed by atoms with Crippen LogP contribution in [-0.2, 0) is 4.79 Å². The Bertz CT molecular complexity index is 1320. The number of amides is 1. The van der Waals surface area contributed by atoms with E-state index in [0.29, 0.717) is 27.2 Å². The zero-order chi connectivity index (χ0) is 22.7. The zero-order valence-corrected chi connectivity index (χ0v) is 18.9. The molecule has 1 N–H and O–H groups in total. The summed E-state index contributed by atoms with van der Waals surface area (Å²) in [5, 5.41) is 25.3. The van der Waals surface area contributed by atoms with Crippen molar-refractivity contribution < 1.29 is 4.79 Å². The molecule has 0 radical (unpaired) electrons. The van der Waals surface area contributed by atoms with Crippen LogP contribution in [-0.4, -0.2) is 36.4 Å². The lowest BCUT2D eigenvalue weighted by atomic mass is 10.2. The van der Waals surface area contributed by atoms with Crippen molar-refractivity contribution in [3.63, 3.8) is 0 Å². The van der Waals surface area contributed by atoms with E-state index in [9.17, 15) is 10.1 Å². The number of carbonyl (C=O) groups excluding carboxylic acids is 1. The molecule has 0 atom stereocenters. The first-order valence-electron chi connectivity index (χ1n) is 9.64. The van der Waals surface area contributed by atoms with Crippen molar-refractivity contribution in [3.8, 4) is 17.4 Å². The second-order valence-corrected chi connectivity index (χ2v) is 8.29. The van der Waals surface area contributed by atoms with Crippen LogP contribution >= 0.6 is 23.4 Å². The Morgan fingerprint density at radius 2 is 1.91 bits per heavy atom. The molecule has 0 fully saturated rings. The molecule has 4 aromatic rings. The molecule has 0 saturated heterocycles. The van der Waals surface area contributed by atoms with Crippen LogP contribution in [0.25, 0.3) is 11.4 Å². The quantitative estimate of drug-likeness (QED) is 0.427. The van der Waals surface area contributed by atoms with Crippen LogP contribution in [0, 0.1) is 25.2 Å². The fraction of sp³-hybridized carbons (Fsp3) is 0.136. The Labute approximate surface area is 193 Å². The van der Waals surface area contributed by atoms with Crippen LogP contribution in [0.2, 0.25) is 5.02 Å². The monoisotopic (exact) mass is 463 g/mol. The highest BCUT2D eigenvalue weighted by molar-refractivity contribution is 7.99. The largest absolute Gasteiger partial charge is 0.310 e. The summed E-state index contributed by atoms with van der Waals surface area (Å²) in [6.07, 6.45) is 0. The highest BCUT2D eigenvalue weighted by Crippen LogP contribution is 2.30. The Kier molecular flexibility index (Phi) is 6.25. The standard InChI is InChI=1S/C22H18ClN7OS/c1-14-15(2)29(17-8-4-3-5-9-17)21(19(14)12-24)25-20(31)13-32-22-26-27-28-30(22)18-10-6-7-16(23)11-18/h3-11H,13H2,1-2H3,(H,25,31). The summed E-state index contributed by atoms with van der Waals surface area (Å²) in [4.78, 5) is 12.8. The molecule has 2 aromatic heterocycles. The number of carbonyl (C=O) groups is 1. The van der Waals surface area contributed by atoms with Gasteiger partial charge in [0.15, 0.2) is 0 Å². The summed E-state index contributed by atoms with van der Waals surface area (Å²) >= 11 is 7.25. The molecule has 160 valence electrons. The number of para-hydroxylation sites is 1. The number of hydrogen-bond acceptors (Lipinski definition) is 6. The molecule has 0 bridgehead atoms. The molecule has 0 aliphatic heterocycles. The SMILES string of the molecule is Cc1c(C#N)c(NC(=O)CSc2nnnn2-c2cccc(Cl)c2)n(-c2ccccc2)c1C. The Balaban J connectivity index is 1.56. The number of thioether (sulfide) groups is 1. The summed E-state index contributed by atoms with van der Waals surface area (Å²) in [7, 11) is 0. The van der Waals surface area contributed by atoms with Gasteiger partial charge < -0.3 is 5.32 Å². The molecule has 0 aliphatic rings. The van der Waals surface area contributed by atoms with Crippen molar-refractivity contribution in [2.45, 2.75) is 19.0 Å². The van der Waals surface area contributed by atoms with Gasteiger partial charge in [-0.15, -0.1) is 5.10 Å². The number of benzene rings is 2. The number of hydrogen-bond donors (Lipinski definition) is 1. The van der Waals surface area contributed by atoms with Gasteiger partial charge in [0.1, 0.15) is 11.9 Å². The van der Waals surface area contributed by atoms with Gasteiger partial charge in [0.05, 0.1) is 17.0 Å². The highest BCUT2D eigenvalue weighted by atomic mass is 35.5. The molecule has 0 spiro atoms. The van der Waals surface area contributed by atoms with E-state index in [0.717, 1.165) is 16.9 Å². The molecule has 32 heavy (non-hydrogen) atoms. The number of nitrogens with one attached hydrogen (secondary N) is 1. The second kappa shape index (κ2) is 9.26. The smallest absolute Gasteiger partial charge is 0.236 e. The average Bonchev–Trinajstić information content (AvgIpc) is 3.35.